The molecule has 2 aliphatic rings. The number of fused-ring (bicyclic) bond motifs is 1. The molecule has 2 rings (SSSR count). The zero-order valence-electron chi connectivity index (χ0n) is 17.5. The van der Waals surface area contributed by atoms with Crippen LogP contribution in [0.5, 0.6) is 0 Å². The maximum atomic E-state index is 11.1. The third kappa shape index (κ3) is 4.02. The van der Waals surface area contributed by atoms with E-state index in [1.807, 2.05) is 6.92 Å². The fraction of sp³-hybridized carbons (Fsp3) is 0.947. The Labute approximate surface area is 158 Å². The van der Waals surface area contributed by atoms with Gasteiger partial charge < -0.3 is 23.4 Å². The van der Waals surface area contributed by atoms with Gasteiger partial charge in [-0.25, -0.2) is 0 Å². The van der Waals surface area contributed by atoms with Crippen LogP contribution in [0.1, 0.15) is 61.3 Å². The monoisotopic (exact) mass is 388 g/mol. The standard InChI is InChI=1S/C19H36O6Si/c1-12(9-16(20)21)17-14(22-8)10-13-15(24-17)11-23-26(25-13,18(2,3)4)19(5,6)7/h12-15,17H,9-11H2,1-8H3,(H,20,21)/t12-,13+,14-,15?,17-/m0/s1. The molecule has 1 N–H and O–H groups in total. The van der Waals surface area contributed by atoms with Gasteiger partial charge in [-0.15, -0.1) is 0 Å². The molecule has 2 fully saturated rings. The van der Waals surface area contributed by atoms with Crippen LogP contribution in [0.3, 0.4) is 0 Å². The maximum absolute atomic E-state index is 11.1. The van der Waals surface area contributed by atoms with Crippen LogP contribution in [0, 0.1) is 5.92 Å². The lowest BCUT2D eigenvalue weighted by molar-refractivity contribution is -0.217. The number of rotatable bonds is 4. The van der Waals surface area contributed by atoms with E-state index in [4.69, 9.17) is 23.4 Å². The second-order valence-corrected chi connectivity index (χ2v) is 14.6. The SMILES string of the molecule is CO[C@H]1C[C@H]2O[Si](C(C)(C)C)(C(C)(C)C)OCC2O[C@H]1[C@@H](C)CC(=O)O. The third-order valence-electron chi connectivity index (χ3n) is 5.68. The molecule has 0 aromatic carbocycles. The fourth-order valence-corrected chi connectivity index (χ4v) is 9.61. The van der Waals surface area contributed by atoms with Gasteiger partial charge in [0.05, 0.1) is 31.3 Å². The summed E-state index contributed by atoms with van der Waals surface area (Å²) >= 11 is 0. The van der Waals surface area contributed by atoms with Gasteiger partial charge in [-0.2, -0.15) is 0 Å². The van der Waals surface area contributed by atoms with Crippen molar-refractivity contribution in [3.8, 4) is 0 Å². The molecule has 2 heterocycles. The van der Waals surface area contributed by atoms with Crippen molar-refractivity contribution in [2.45, 2.75) is 95.8 Å². The Bertz CT molecular complexity index is 495. The zero-order chi connectivity index (χ0) is 19.9. The van der Waals surface area contributed by atoms with E-state index in [0.717, 1.165) is 0 Å². The number of methoxy groups -OCH3 is 1. The van der Waals surface area contributed by atoms with Crippen molar-refractivity contribution >= 4 is 14.5 Å². The molecule has 1 unspecified atom stereocenters. The second kappa shape index (κ2) is 7.51. The number of carbonyl (C=O) groups is 1. The first-order valence-electron chi connectivity index (χ1n) is 9.54. The summed E-state index contributed by atoms with van der Waals surface area (Å²) < 4.78 is 25.2. The molecule has 152 valence electrons. The molecule has 0 aromatic rings. The summed E-state index contributed by atoms with van der Waals surface area (Å²) in [5.74, 6) is -0.950. The smallest absolute Gasteiger partial charge is 0.349 e. The first kappa shape index (κ1) is 21.8. The van der Waals surface area contributed by atoms with Crippen molar-refractivity contribution in [2.24, 2.45) is 5.92 Å². The zero-order valence-corrected chi connectivity index (χ0v) is 18.5. The average Bonchev–Trinajstić information content (AvgIpc) is 2.50. The molecule has 26 heavy (non-hydrogen) atoms. The van der Waals surface area contributed by atoms with Crippen molar-refractivity contribution < 1.29 is 28.2 Å². The lowest BCUT2D eigenvalue weighted by atomic mass is 9.89. The Morgan fingerprint density at radius 3 is 2.23 bits per heavy atom. The molecule has 0 aliphatic carbocycles. The van der Waals surface area contributed by atoms with Crippen molar-refractivity contribution in [3.63, 3.8) is 0 Å². The Morgan fingerprint density at radius 2 is 1.77 bits per heavy atom. The summed E-state index contributed by atoms with van der Waals surface area (Å²) in [6, 6.07) is 0. The topological polar surface area (TPSA) is 74.2 Å². The van der Waals surface area contributed by atoms with Crippen LogP contribution in [0.25, 0.3) is 0 Å². The predicted molar refractivity (Wildman–Crippen MR) is 102 cm³/mol. The summed E-state index contributed by atoms with van der Waals surface area (Å²) in [6.45, 7) is 15.6. The van der Waals surface area contributed by atoms with Gasteiger partial charge in [-0.1, -0.05) is 48.5 Å². The average molecular weight is 389 g/mol. The largest absolute Gasteiger partial charge is 0.481 e. The van der Waals surface area contributed by atoms with Crippen LogP contribution in [-0.2, 0) is 23.1 Å². The highest BCUT2D eigenvalue weighted by Gasteiger charge is 2.63. The highest BCUT2D eigenvalue weighted by molar-refractivity contribution is 6.73. The van der Waals surface area contributed by atoms with Crippen LogP contribution in [0.15, 0.2) is 0 Å². The number of hydrogen-bond donors (Lipinski definition) is 1. The van der Waals surface area contributed by atoms with E-state index in [0.29, 0.717) is 13.0 Å². The Hall–Kier alpha value is -0.473. The normalized spacial score (nSPS) is 33.4. The van der Waals surface area contributed by atoms with Gasteiger partial charge in [0.2, 0.25) is 0 Å². The summed E-state index contributed by atoms with van der Waals surface area (Å²) in [6.07, 6.45) is 0.0882. The van der Waals surface area contributed by atoms with Crippen LogP contribution in [0.4, 0.5) is 0 Å². The number of ether oxygens (including phenoxy) is 2. The van der Waals surface area contributed by atoms with Gasteiger partial charge >= 0.3 is 14.5 Å². The molecule has 0 radical (unpaired) electrons. The Balaban J connectivity index is 2.22. The fourth-order valence-electron chi connectivity index (χ4n) is 4.64. The minimum Gasteiger partial charge on any atom is -0.481 e. The molecule has 0 amide bonds. The molecule has 0 bridgehead atoms. The number of hydrogen-bond acceptors (Lipinski definition) is 5. The minimum atomic E-state index is -2.54. The van der Waals surface area contributed by atoms with Gasteiger partial charge in [-0.05, 0) is 5.92 Å². The molecule has 6 nitrogen and oxygen atoms in total. The van der Waals surface area contributed by atoms with Crippen LogP contribution < -0.4 is 0 Å². The van der Waals surface area contributed by atoms with Gasteiger partial charge in [0.15, 0.2) is 0 Å². The Morgan fingerprint density at radius 1 is 1.19 bits per heavy atom. The van der Waals surface area contributed by atoms with E-state index in [-0.39, 0.29) is 46.8 Å². The summed E-state index contributed by atoms with van der Waals surface area (Å²) in [5.41, 5.74) is 0. The van der Waals surface area contributed by atoms with Crippen molar-refractivity contribution in [3.05, 3.63) is 0 Å². The van der Waals surface area contributed by atoms with Gasteiger partial charge in [0, 0.05) is 23.6 Å². The summed E-state index contributed by atoms with van der Waals surface area (Å²) in [5, 5.41) is 8.96. The second-order valence-electron chi connectivity index (χ2n) is 9.81. The van der Waals surface area contributed by atoms with Crippen LogP contribution in [-0.4, -0.2) is 57.8 Å². The molecule has 2 aliphatic heterocycles. The van der Waals surface area contributed by atoms with Gasteiger partial charge in [-0.3, -0.25) is 4.79 Å². The van der Waals surface area contributed by atoms with E-state index in [1.54, 1.807) is 7.11 Å². The van der Waals surface area contributed by atoms with E-state index < -0.39 is 14.5 Å². The molecule has 5 atom stereocenters. The van der Waals surface area contributed by atoms with Crippen molar-refractivity contribution in [2.75, 3.05) is 13.7 Å². The number of carboxylic acids is 1. The molecular weight excluding hydrogens is 352 g/mol. The third-order valence-corrected chi connectivity index (χ3v) is 10.8. The predicted octanol–water partition coefficient (Wildman–Crippen LogP) is 3.73. The molecule has 2 saturated heterocycles. The first-order chi connectivity index (χ1) is 11.8. The van der Waals surface area contributed by atoms with E-state index in [1.165, 1.54) is 0 Å². The number of carboxylic acid groups (broad SMARTS) is 1. The molecule has 0 saturated carbocycles. The van der Waals surface area contributed by atoms with E-state index >= 15 is 0 Å². The lowest BCUT2D eigenvalue weighted by Gasteiger charge is -2.57. The molecule has 0 aromatic heterocycles. The maximum Gasteiger partial charge on any atom is 0.349 e. The first-order valence-corrected chi connectivity index (χ1v) is 11.4. The summed E-state index contributed by atoms with van der Waals surface area (Å²) in [4.78, 5) is 11.1. The van der Waals surface area contributed by atoms with Gasteiger partial charge in [0.25, 0.3) is 0 Å². The molecule has 0 spiro atoms. The molecule has 7 heteroatoms. The minimum absolute atomic E-state index is 0.0618. The summed E-state index contributed by atoms with van der Waals surface area (Å²) in [7, 11) is -0.882. The Kier molecular flexibility index (Phi) is 6.30. The molecular formula is C19H36O6Si. The lowest BCUT2D eigenvalue weighted by Crippen LogP contribution is -2.67. The van der Waals surface area contributed by atoms with Crippen molar-refractivity contribution in [1.29, 1.82) is 0 Å². The van der Waals surface area contributed by atoms with Gasteiger partial charge in [0.1, 0.15) is 6.10 Å². The highest BCUT2D eigenvalue weighted by atomic mass is 28.4. The van der Waals surface area contributed by atoms with Crippen LogP contribution >= 0.6 is 0 Å². The quantitative estimate of drug-likeness (QED) is 0.740. The van der Waals surface area contributed by atoms with E-state index in [2.05, 4.69) is 41.5 Å². The van der Waals surface area contributed by atoms with Crippen LogP contribution in [0.2, 0.25) is 10.1 Å². The van der Waals surface area contributed by atoms with Crippen molar-refractivity contribution in [1.82, 2.24) is 0 Å². The van der Waals surface area contributed by atoms with E-state index in [9.17, 15) is 4.79 Å². The number of aliphatic carboxylic acids is 1. The highest BCUT2D eigenvalue weighted by Crippen LogP contribution is 2.55.